The normalized spacial score (nSPS) is 19.9. The summed E-state index contributed by atoms with van der Waals surface area (Å²) < 4.78 is 26.9. The number of hydrogen-bond acceptors (Lipinski definition) is 2. The van der Waals surface area contributed by atoms with Gasteiger partial charge in [0, 0.05) is 18.1 Å². The maximum atomic E-state index is 13.9. The molecular weight excluding hydrogens is 334 g/mol. The summed E-state index contributed by atoms with van der Waals surface area (Å²) in [5, 5.41) is 6.25. The molecule has 1 amide bonds. The molecule has 2 N–H and O–H groups in total. The van der Waals surface area contributed by atoms with Crippen molar-refractivity contribution in [2.45, 2.75) is 45.6 Å². The molecule has 0 bridgehead atoms. The lowest BCUT2D eigenvalue weighted by molar-refractivity contribution is -0.123. The van der Waals surface area contributed by atoms with E-state index in [1.54, 1.807) is 0 Å². The molecule has 6 heteroatoms. The molecular formula is C18H27ClF2N2O. The number of hydrogen-bond donors (Lipinski definition) is 2. The molecule has 1 aliphatic rings. The fraction of sp³-hybridized carbons (Fsp3) is 0.611. The van der Waals surface area contributed by atoms with Gasteiger partial charge in [0.2, 0.25) is 5.91 Å². The van der Waals surface area contributed by atoms with E-state index in [2.05, 4.69) is 17.6 Å². The third-order valence-corrected chi connectivity index (χ3v) is 4.73. The smallest absolute Gasteiger partial charge is 0.220 e. The second-order valence-corrected chi connectivity index (χ2v) is 6.48. The highest BCUT2D eigenvalue weighted by atomic mass is 35.5. The molecule has 2 rings (SSSR count). The summed E-state index contributed by atoms with van der Waals surface area (Å²) >= 11 is 0. The molecule has 0 aliphatic carbocycles. The summed E-state index contributed by atoms with van der Waals surface area (Å²) in [6, 6.07) is 3.08. The number of piperidine rings is 1. The quantitative estimate of drug-likeness (QED) is 0.805. The van der Waals surface area contributed by atoms with Crippen molar-refractivity contribution in [3.63, 3.8) is 0 Å². The van der Waals surface area contributed by atoms with Gasteiger partial charge in [0.15, 0.2) is 0 Å². The summed E-state index contributed by atoms with van der Waals surface area (Å²) in [6.07, 6.45) is 3.29. The van der Waals surface area contributed by atoms with Crippen LogP contribution in [0.25, 0.3) is 0 Å². The van der Waals surface area contributed by atoms with E-state index in [-0.39, 0.29) is 18.3 Å². The van der Waals surface area contributed by atoms with Gasteiger partial charge in [-0.2, -0.15) is 0 Å². The minimum absolute atomic E-state index is 0. The average Bonchev–Trinajstić information content (AvgIpc) is 2.54. The van der Waals surface area contributed by atoms with Crippen molar-refractivity contribution in [3.05, 3.63) is 35.4 Å². The van der Waals surface area contributed by atoms with Crippen molar-refractivity contribution >= 4 is 18.3 Å². The molecule has 3 atom stereocenters. The highest BCUT2D eigenvalue weighted by Gasteiger charge is 2.23. The SMILES string of the molecule is CCC(NC(=O)CC(C)C1CCCNC1)c1ccc(F)cc1F.Cl. The van der Waals surface area contributed by atoms with E-state index in [0.29, 0.717) is 30.2 Å². The third kappa shape index (κ3) is 5.71. The van der Waals surface area contributed by atoms with Gasteiger partial charge in [0.1, 0.15) is 11.6 Å². The lowest BCUT2D eigenvalue weighted by Gasteiger charge is -2.28. The Morgan fingerprint density at radius 3 is 2.75 bits per heavy atom. The van der Waals surface area contributed by atoms with Crippen LogP contribution < -0.4 is 10.6 Å². The average molecular weight is 361 g/mol. The number of carbonyl (C=O) groups excluding carboxylic acids is 1. The monoisotopic (exact) mass is 360 g/mol. The van der Waals surface area contributed by atoms with Crippen molar-refractivity contribution in [1.29, 1.82) is 0 Å². The molecule has 24 heavy (non-hydrogen) atoms. The summed E-state index contributed by atoms with van der Waals surface area (Å²) in [4.78, 5) is 12.3. The Morgan fingerprint density at radius 2 is 2.17 bits per heavy atom. The third-order valence-electron chi connectivity index (χ3n) is 4.73. The van der Waals surface area contributed by atoms with Crippen molar-refractivity contribution in [3.8, 4) is 0 Å². The van der Waals surface area contributed by atoms with Gasteiger partial charge in [-0.1, -0.05) is 19.9 Å². The topological polar surface area (TPSA) is 41.1 Å². The lowest BCUT2D eigenvalue weighted by atomic mass is 9.85. The molecule has 0 aromatic heterocycles. The van der Waals surface area contributed by atoms with Gasteiger partial charge in [0.05, 0.1) is 6.04 Å². The van der Waals surface area contributed by atoms with E-state index >= 15 is 0 Å². The van der Waals surface area contributed by atoms with Crippen molar-refractivity contribution < 1.29 is 13.6 Å². The predicted molar refractivity (Wildman–Crippen MR) is 94.2 cm³/mol. The van der Waals surface area contributed by atoms with Crippen LogP contribution in [0.3, 0.4) is 0 Å². The largest absolute Gasteiger partial charge is 0.349 e. The molecule has 1 aliphatic heterocycles. The second-order valence-electron chi connectivity index (χ2n) is 6.48. The molecule has 0 saturated carbocycles. The molecule has 3 unspecified atom stereocenters. The number of halogens is 3. The van der Waals surface area contributed by atoms with Crippen LogP contribution in [0.2, 0.25) is 0 Å². The van der Waals surface area contributed by atoms with Crippen LogP contribution in [0.1, 0.15) is 51.1 Å². The van der Waals surface area contributed by atoms with E-state index in [9.17, 15) is 13.6 Å². The van der Waals surface area contributed by atoms with E-state index in [0.717, 1.165) is 32.0 Å². The molecule has 3 nitrogen and oxygen atoms in total. The number of rotatable bonds is 6. The molecule has 136 valence electrons. The first-order valence-corrected chi connectivity index (χ1v) is 8.46. The van der Waals surface area contributed by atoms with Gasteiger partial charge in [-0.25, -0.2) is 8.78 Å². The summed E-state index contributed by atoms with van der Waals surface area (Å²) in [6.45, 7) is 5.98. The Kier molecular flexibility index (Phi) is 8.63. The van der Waals surface area contributed by atoms with E-state index in [1.807, 2.05) is 6.92 Å². The van der Waals surface area contributed by atoms with Crippen LogP contribution >= 0.6 is 12.4 Å². The highest BCUT2D eigenvalue weighted by molar-refractivity contribution is 5.85. The number of amides is 1. The summed E-state index contributed by atoms with van der Waals surface area (Å²) in [5.74, 6) is -0.485. The van der Waals surface area contributed by atoms with E-state index in [4.69, 9.17) is 0 Å². The zero-order valence-corrected chi connectivity index (χ0v) is 15.1. The Morgan fingerprint density at radius 1 is 1.42 bits per heavy atom. The highest BCUT2D eigenvalue weighted by Crippen LogP contribution is 2.24. The minimum atomic E-state index is -0.610. The zero-order chi connectivity index (χ0) is 16.8. The zero-order valence-electron chi connectivity index (χ0n) is 14.3. The molecule has 0 radical (unpaired) electrons. The molecule has 0 spiro atoms. The molecule has 1 heterocycles. The molecule has 1 aromatic carbocycles. The first kappa shape index (κ1) is 20.8. The number of carbonyl (C=O) groups is 1. The second kappa shape index (κ2) is 9.94. The van der Waals surface area contributed by atoms with Crippen LogP contribution in [-0.4, -0.2) is 19.0 Å². The lowest BCUT2D eigenvalue weighted by Crippen LogP contribution is -2.36. The standard InChI is InChI=1S/C18H26F2N2O.ClH/c1-3-17(15-7-6-14(19)10-16(15)20)22-18(23)9-12(2)13-5-4-8-21-11-13;/h6-7,10,12-13,17,21H,3-5,8-9,11H2,1-2H3,(H,22,23);1H. The van der Waals surface area contributed by atoms with E-state index < -0.39 is 17.7 Å². The molecule has 1 aromatic rings. The fourth-order valence-electron chi connectivity index (χ4n) is 3.26. The van der Waals surface area contributed by atoms with Gasteiger partial charge in [-0.3, -0.25) is 4.79 Å². The van der Waals surface area contributed by atoms with Gasteiger partial charge < -0.3 is 10.6 Å². The van der Waals surface area contributed by atoms with Gasteiger partial charge in [0.25, 0.3) is 0 Å². The fourth-order valence-corrected chi connectivity index (χ4v) is 3.26. The maximum Gasteiger partial charge on any atom is 0.220 e. The van der Waals surface area contributed by atoms with Crippen LogP contribution in [0.5, 0.6) is 0 Å². The van der Waals surface area contributed by atoms with Crippen molar-refractivity contribution in [1.82, 2.24) is 10.6 Å². The minimum Gasteiger partial charge on any atom is -0.349 e. The van der Waals surface area contributed by atoms with Gasteiger partial charge in [-0.15, -0.1) is 12.4 Å². The van der Waals surface area contributed by atoms with Crippen LogP contribution in [0.4, 0.5) is 8.78 Å². The number of nitrogens with one attached hydrogen (secondary N) is 2. The first-order valence-electron chi connectivity index (χ1n) is 8.46. The van der Waals surface area contributed by atoms with Gasteiger partial charge in [-0.05, 0) is 50.3 Å². The Bertz CT molecular complexity index is 536. The van der Waals surface area contributed by atoms with Crippen LogP contribution in [-0.2, 0) is 4.79 Å². The Hall–Kier alpha value is -1.20. The number of benzene rings is 1. The molecule has 1 fully saturated rings. The van der Waals surface area contributed by atoms with Gasteiger partial charge >= 0.3 is 0 Å². The Labute approximate surface area is 149 Å². The molecule has 1 saturated heterocycles. The van der Waals surface area contributed by atoms with Crippen LogP contribution in [0.15, 0.2) is 18.2 Å². The van der Waals surface area contributed by atoms with Crippen LogP contribution in [0, 0.1) is 23.5 Å². The summed E-state index contributed by atoms with van der Waals surface area (Å²) in [7, 11) is 0. The van der Waals surface area contributed by atoms with E-state index in [1.165, 1.54) is 12.1 Å². The Balaban J connectivity index is 0.00000288. The summed E-state index contributed by atoms with van der Waals surface area (Å²) in [5.41, 5.74) is 0.342. The predicted octanol–water partition coefficient (Wildman–Crippen LogP) is 3.98. The maximum absolute atomic E-state index is 13.9. The van der Waals surface area contributed by atoms with Crippen molar-refractivity contribution in [2.75, 3.05) is 13.1 Å². The van der Waals surface area contributed by atoms with Crippen molar-refractivity contribution in [2.24, 2.45) is 11.8 Å². The first-order chi connectivity index (χ1) is 11.0.